The molecule has 0 unspecified atom stereocenters. The third-order valence-corrected chi connectivity index (χ3v) is 3.78. The summed E-state index contributed by atoms with van der Waals surface area (Å²) in [4.78, 5) is 25.5. The van der Waals surface area contributed by atoms with Crippen molar-refractivity contribution in [3.8, 4) is 0 Å². The van der Waals surface area contributed by atoms with Gasteiger partial charge in [-0.2, -0.15) is 0 Å². The lowest BCUT2D eigenvalue weighted by Gasteiger charge is -2.30. The fraction of sp³-hybridized carbons (Fsp3) is 0.412. The first-order valence-electron chi connectivity index (χ1n) is 7.34. The number of nitrogens with zero attached hydrogens (tertiary/aromatic N) is 1. The average molecular weight is 358 g/mol. The molecular formula is C17H21Cl2NO3. The van der Waals surface area contributed by atoms with Crippen molar-refractivity contribution >= 4 is 41.2 Å². The number of halogens is 2. The van der Waals surface area contributed by atoms with Gasteiger partial charge in [0.2, 0.25) is 0 Å². The lowest BCUT2D eigenvalue weighted by molar-refractivity contribution is -0.150. The van der Waals surface area contributed by atoms with E-state index < -0.39 is 5.97 Å². The van der Waals surface area contributed by atoms with Crippen LogP contribution in [0.3, 0.4) is 0 Å². The van der Waals surface area contributed by atoms with Crippen LogP contribution >= 0.6 is 23.2 Å². The Bertz CT molecular complexity index is 569. The first-order chi connectivity index (χ1) is 10.7. The molecule has 0 saturated heterocycles. The van der Waals surface area contributed by atoms with Crippen LogP contribution in [-0.4, -0.2) is 35.5 Å². The molecule has 1 amide bonds. The summed E-state index contributed by atoms with van der Waals surface area (Å²) in [7, 11) is 0. The molecule has 0 radical (unpaired) electrons. The minimum absolute atomic E-state index is 0.0404. The maximum Gasteiger partial charge on any atom is 0.331 e. The van der Waals surface area contributed by atoms with Crippen LogP contribution in [0.5, 0.6) is 0 Å². The summed E-state index contributed by atoms with van der Waals surface area (Å²) in [5, 5.41) is 0.867. The van der Waals surface area contributed by atoms with Crippen molar-refractivity contribution in [3.63, 3.8) is 0 Å². The first-order valence-corrected chi connectivity index (χ1v) is 8.09. The fourth-order valence-electron chi connectivity index (χ4n) is 2.25. The Labute approximate surface area is 147 Å². The number of amides is 1. The molecule has 0 fully saturated rings. The third-order valence-electron chi connectivity index (χ3n) is 3.12. The second-order valence-corrected chi connectivity index (χ2v) is 6.38. The van der Waals surface area contributed by atoms with E-state index in [0.29, 0.717) is 15.6 Å². The molecule has 6 heteroatoms. The number of rotatable bonds is 6. The van der Waals surface area contributed by atoms with Crippen LogP contribution in [0.15, 0.2) is 24.3 Å². The SMILES string of the molecule is CC(C)N(C(=O)COC(=O)/C=C/c1c(Cl)cccc1Cl)C(C)C. The van der Waals surface area contributed by atoms with Gasteiger partial charge in [-0.25, -0.2) is 4.79 Å². The first kappa shape index (κ1) is 19.5. The van der Waals surface area contributed by atoms with Gasteiger partial charge in [-0.15, -0.1) is 0 Å². The number of hydrogen-bond acceptors (Lipinski definition) is 3. The van der Waals surface area contributed by atoms with Gasteiger partial charge in [0.15, 0.2) is 6.61 Å². The van der Waals surface area contributed by atoms with Crippen molar-refractivity contribution in [2.45, 2.75) is 39.8 Å². The van der Waals surface area contributed by atoms with E-state index in [1.54, 1.807) is 23.1 Å². The largest absolute Gasteiger partial charge is 0.452 e. The fourth-order valence-corrected chi connectivity index (χ4v) is 2.77. The van der Waals surface area contributed by atoms with E-state index in [1.807, 2.05) is 27.7 Å². The quantitative estimate of drug-likeness (QED) is 0.566. The Kier molecular flexibility index (Phi) is 7.59. The van der Waals surface area contributed by atoms with Crippen LogP contribution in [0.25, 0.3) is 6.08 Å². The van der Waals surface area contributed by atoms with E-state index in [-0.39, 0.29) is 24.6 Å². The Morgan fingerprint density at radius 2 is 1.65 bits per heavy atom. The second-order valence-electron chi connectivity index (χ2n) is 5.56. The van der Waals surface area contributed by atoms with Crippen molar-refractivity contribution < 1.29 is 14.3 Å². The maximum absolute atomic E-state index is 12.1. The molecule has 0 spiro atoms. The molecule has 0 bridgehead atoms. The zero-order valence-corrected chi connectivity index (χ0v) is 15.2. The van der Waals surface area contributed by atoms with Crippen LogP contribution < -0.4 is 0 Å². The lowest BCUT2D eigenvalue weighted by Crippen LogP contribution is -2.44. The summed E-state index contributed by atoms with van der Waals surface area (Å²) in [5.41, 5.74) is 0.532. The Hall–Kier alpha value is -1.52. The Balaban J connectivity index is 2.64. The van der Waals surface area contributed by atoms with Crippen LogP contribution in [-0.2, 0) is 14.3 Å². The third kappa shape index (κ3) is 5.88. The maximum atomic E-state index is 12.1. The second kappa shape index (κ2) is 8.94. The van der Waals surface area contributed by atoms with Gasteiger partial charge >= 0.3 is 5.97 Å². The van der Waals surface area contributed by atoms with E-state index >= 15 is 0 Å². The highest BCUT2D eigenvalue weighted by Gasteiger charge is 2.20. The van der Waals surface area contributed by atoms with E-state index in [9.17, 15) is 9.59 Å². The molecule has 0 N–H and O–H groups in total. The standard InChI is InChI=1S/C17H21Cl2NO3/c1-11(2)20(12(3)4)16(21)10-23-17(22)9-8-13-14(18)6-5-7-15(13)19/h5-9,11-12H,10H2,1-4H3/b9-8+. The topological polar surface area (TPSA) is 46.6 Å². The summed E-state index contributed by atoms with van der Waals surface area (Å²) >= 11 is 12.0. The van der Waals surface area contributed by atoms with Gasteiger partial charge in [0.25, 0.3) is 5.91 Å². The molecule has 126 valence electrons. The summed E-state index contributed by atoms with van der Waals surface area (Å²) in [6, 6.07) is 5.14. The molecule has 0 saturated carbocycles. The smallest absolute Gasteiger partial charge is 0.331 e. The van der Waals surface area contributed by atoms with Crippen molar-refractivity contribution in [3.05, 3.63) is 39.9 Å². The molecule has 4 nitrogen and oxygen atoms in total. The minimum Gasteiger partial charge on any atom is -0.452 e. The summed E-state index contributed by atoms with van der Waals surface area (Å²) < 4.78 is 4.98. The van der Waals surface area contributed by atoms with E-state index in [4.69, 9.17) is 27.9 Å². The lowest BCUT2D eigenvalue weighted by atomic mass is 10.2. The van der Waals surface area contributed by atoms with Crippen molar-refractivity contribution in [2.24, 2.45) is 0 Å². The van der Waals surface area contributed by atoms with Crippen molar-refractivity contribution in [1.82, 2.24) is 4.90 Å². The number of esters is 1. The van der Waals surface area contributed by atoms with Crippen molar-refractivity contribution in [1.29, 1.82) is 0 Å². The van der Waals surface area contributed by atoms with Crippen molar-refractivity contribution in [2.75, 3.05) is 6.61 Å². The van der Waals surface area contributed by atoms with Gasteiger partial charge < -0.3 is 9.64 Å². The molecule has 1 aromatic rings. The van der Waals surface area contributed by atoms with E-state index in [1.165, 1.54) is 12.2 Å². The van der Waals surface area contributed by atoms with Gasteiger partial charge in [-0.3, -0.25) is 4.79 Å². The highest BCUT2D eigenvalue weighted by Crippen LogP contribution is 2.25. The number of hydrogen-bond donors (Lipinski definition) is 0. The molecule has 0 atom stereocenters. The number of carbonyl (C=O) groups is 2. The van der Waals surface area contributed by atoms with Gasteiger partial charge in [-0.1, -0.05) is 29.3 Å². The summed E-state index contributed by atoms with van der Waals surface area (Å²) in [6.07, 6.45) is 2.68. The zero-order valence-electron chi connectivity index (χ0n) is 13.7. The average Bonchev–Trinajstić information content (AvgIpc) is 2.43. The van der Waals surface area contributed by atoms with Crippen LogP contribution in [0.2, 0.25) is 10.0 Å². The molecule has 0 aliphatic heterocycles. The van der Waals surface area contributed by atoms with Gasteiger partial charge in [0, 0.05) is 33.8 Å². The molecular weight excluding hydrogens is 337 g/mol. The molecule has 23 heavy (non-hydrogen) atoms. The van der Waals surface area contributed by atoms with Crippen LogP contribution in [0, 0.1) is 0 Å². The molecule has 1 aromatic carbocycles. The minimum atomic E-state index is -0.623. The van der Waals surface area contributed by atoms with Crippen LogP contribution in [0.1, 0.15) is 33.3 Å². The molecule has 0 aliphatic rings. The molecule has 1 rings (SSSR count). The van der Waals surface area contributed by atoms with E-state index in [0.717, 1.165) is 0 Å². The Morgan fingerprint density at radius 3 is 2.13 bits per heavy atom. The monoisotopic (exact) mass is 357 g/mol. The zero-order chi connectivity index (χ0) is 17.6. The van der Waals surface area contributed by atoms with Crippen LogP contribution in [0.4, 0.5) is 0 Å². The predicted molar refractivity (Wildman–Crippen MR) is 93.6 cm³/mol. The Morgan fingerprint density at radius 1 is 1.13 bits per heavy atom. The van der Waals surface area contributed by atoms with E-state index in [2.05, 4.69) is 0 Å². The van der Waals surface area contributed by atoms with Gasteiger partial charge in [0.1, 0.15) is 0 Å². The van der Waals surface area contributed by atoms with Gasteiger partial charge in [-0.05, 0) is 45.9 Å². The number of carbonyl (C=O) groups excluding carboxylic acids is 2. The molecule has 0 aromatic heterocycles. The highest BCUT2D eigenvalue weighted by atomic mass is 35.5. The highest BCUT2D eigenvalue weighted by molar-refractivity contribution is 6.37. The predicted octanol–water partition coefficient (Wildman–Crippen LogP) is 4.20. The number of ether oxygens (including phenoxy) is 1. The van der Waals surface area contributed by atoms with Gasteiger partial charge in [0.05, 0.1) is 0 Å². The summed E-state index contributed by atoms with van der Waals surface area (Å²) in [6.45, 7) is 7.37. The number of benzene rings is 1. The normalized spacial score (nSPS) is 11.3. The molecule has 0 heterocycles. The molecule has 0 aliphatic carbocycles. The summed E-state index contributed by atoms with van der Waals surface area (Å²) in [5.74, 6) is -0.852.